The van der Waals surface area contributed by atoms with Gasteiger partial charge < -0.3 is 88.9 Å². The van der Waals surface area contributed by atoms with Gasteiger partial charge in [-0.05, 0) is 0 Å². The van der Waals surface area contributed by atoms with Gasteiger partial charge in [0.25, 0.3) is 0 Å². The van der Waals surface area contributed by atoms with Crippen LogP contribution < -0.4 is 0 Å². The summed E-state index contributed by atoms with van der Waals surface area (Å²) in [6, 6.07) is 0. The third kappa shape index (κ3) is 15.8. The summed E-state index contributed by atoms with van der Waals surface area (Å²) in [5.74, 6) is 0. The summed E-state index contributed by atoms with van der Waals surface area (Å²) in [7, 11) is -39.7. The summed E-state index contributed by atoms with van der Waals surface area (Å²) in [6.07, 6.45) is -26.9. The van der Waals surface area contributed by atoms with Crippen LogP contribution in [0.4, 0.5) is 0 Å². The molecule has 0 amide bonds. The van der Waals surface area contributed by atoms with E-state index in [1.54, 1.807) is 0 Å². The molecule has 41 heteroatoms. The summed E-state index contributed by atoms with van der Waals surface area (Å²) in [5, 5.41) is 61.4. The van der Waals surface area contributed by atoms with Gasteiger partial charge in [0, 0.05) is 0 Å². The Morgan fingerprint density at radius 1 is 0.375 bits per heavy atom. The summed E-state index contributed by atoms with van der Waals surface area (Å²) in [6.45, 7) is -3.89. The second kappa shape index (κ2) is 18.9. The van der Waals surface area contributed by atoms with Crippen molar-refractivity contribution in [3.63, 3.8) is 0 Å². The molecule has 0 aromatic heterocycles. The van der Waals surface area contributed by atoms with E-state index in [4.69, 9.17) is 57.1 Å². The van der Waals surface area contributed by atoms with Gasteiger partial charge in [0.1, 0.15) is 54.9 Å². The highest BCUT2D eigenvalue weighted by atomic mass is 31.3. The van der Waals surface area contributed by atoms with Crippen LogP contribution in [0, 0.1) is 0 Å². The SMILES string of the molecule is O=P(O)(O)OP(=O)(O)OC1OC(COP(=O)(OCC2OC(OP(=O)(O)OP(=O)(O)O)C(O)C2O)OCC2OC(OP(=O)(O)OP(=O)(O)O)C(O)C2O)C(O)C1O. The highest BCUT2D eigenvalue weighted by Crippen LogP contribution is 2.61. The van der Waals surface area contributed by atoms with E-state index >= 15 is 0 Å². The maximum absolute atomic E-state index is 13.7. The first-order valence-corrected chi connectivity index (χ1v) is 24.6. The average Bonchev–Trinajstić information content (AvgIpc) is 3.50. The number of aliphatic hydroxyl groups excluding tert-OH is 6. The Bertz CT molecular complexity index is 1500. The van der Waals surface area contributed by atoms with Crippen LogP contribution in [-0.4, -0.2) is 168 Å². The largest absolute Gasteiger partial charge is 0.483 e. The number of hydrogen-bond donors (Lipinski definition) is 15. The van der Waals surface area contributed by atoms with E-state index in [1.807, 2.05) is 0 Å². The van der Waals surface area contributed by atoms with Crippen LogP contribution in [0.3, 0.4) is 0 Å². The minimum atomic E-state index is -5.73. The lowest BCUT2D eigenvalue weighted by atomic mass is 10.1. The van der Waals surface area contributed by atoms with Gasteiger partial charge in [0.05, 0.1) is 19.8 Å². The molecule has 3 saturated heterocycles. The van der Waals surface area contributed by atoms with Gasteiger partial charge in [0.2, 0.25) is 0 Å². The Hall–Kier alpha value is 0.530. The number of phosphoric acid groups is 7. The minimum Gasteiger partial charge on any atom is -0.387 e. The highest BCUT2D eigenvalue weighted by Gasteiger charge is 2.53. The maximum atomic E-state index is 13.7. The summed E-state index contributed by atoms with van der Waals surface area (Å²) < 4.78 is 135. The zero-order valence-corrected chi connectivity index (χ0v) is 32.9. The third-order valence-corrected chi connectivity index (χ3v) is 14.3. The van der Waals surface area contributed by atoms with Gasteiger partial charge in [-0.15, -0.1) is 0 Å². The van der Waals surface area contributed by atoms with Gasteiger partial charge in [-0.1, -0.05) is 0 Å². The fourth-order valence-electron chi connectivity index (χ4n) is 4.28. The molecule has 0 aromatic rings. The monoisotopic (exact) mass is 974 g/mol. The van der Waals surface area contributed by atoms with Crippen molar-refractivity contribution in [2.75, 3.05) is 19.8 Å². The van der Waals surface area contributed by atoms with E-state index in [-0.39, 0.29) is 0 Å². The van der Waals surface area contributed by atoms with Crippen LogP contribution >= 0.6 is 54.8 Å². The van der Waals surface area contributed by atoms with Crippen molar-refractivity contribution in [2.24, 2.45) is 0 Å². The van der Waals surface area contributed by atoms with Crippen LogP contribution in [0.25, 0.3) is 0 Å². The lowest BCUT2D eigenvalue weighted by molar-refractivity contribution is -0.132. The standard InChI is InChI=1S/C15H33O34P7/c16-7-4(41-13(10(7)19)44-53(31,32)47-50(22,23)24)1-38-56(37,39-2-5-8(17)11(20)14(42-5)45-54(33,34)48-51(25,26)27)40-3-6-9(18)12(21)15(43-6)46-55(35,36)49-52(28,29)30/h4-21H,1-3H2,(H,31,32)(H,33,34)(H,35,36)(H2,22,23,24)(H2,25,26,27)(H2,28,29,30). The smallest absolute Gasteiger partial charge is 0.387 e. The first kappa shape index (κ1) is 50.9. The molecular weight excluding hydrogens is 941 g/mol. The molecule has 3 aliphatic rings. The van der Waals surface area contributed by atoms with Crippen LogP contribution in [0.15, 0.2) is 0 Å². The lowest BCUT2D eigenvalue weighted by Crippen LogP contribution is -2.36. The Kier molecular flexibility index (Phi) is 17.2. The topological polar surface area (TPSA) is 534 Å². The molecule has 15 unspecified atom stereocenters. The second-order valence-electron chi connectivity index (χ2n) is 10.8. The van der Waals surface area contributed by atoms with Crippen molar-refractivity contribution in [1.29, 1.82) is 0 Å². The molecule has 3 heterocycles. The minimum absolute atomic E-state index is 1.30. The van der Waals surface area contributed by atoms with Crippen LogP contribution in [-0.2, 0) is 86.2 Å². The van der Waals surface area contributed by atoms with Crippen molar-refractivity contribution >= 4 is 54.8 Å². The predicted octanol–water partition coefficient (Wildman–Crippen LogP) is -4.84. The molecular formula is C15H33O34P7. The molecule has 34 nitrogen and oxygen atoms in total. The van der Waals surface area contributed by atoms with E-state index in [9.17, 15) is 77.3 Å². The molecule has 0 bridgehead atoms. The normalized spacial score (nSPS) is 37.5. The molecule has 332 valence electrons. The van der Waals surface area contributed by atoms with Crippen molar-refractivity contribution in [3.05, 3.63) is 0 Å². The Morgan fingerprint density at radius 2 is 0.589 bits per heavy atom. The summed E-state index contributed by atoms with van der Waals surface area (Å²) >= 11 is 0. The molecule has 0 aliphatic carbocycles. The first-order valence-electron chi connectivity index (χ1n) is 14.0. The molecule has 3 fully saturated rings. The van der Waals surface area contributed by atoms with E-state index < -0.39 is 148 Å². The highest BCUT2D eigenvalue weighted by molar-refractivity contribution is 7.61. The van der Waals surface area contributed by atoms with Gasteiger partial charge >= 0.3 is 54.8 Å². The van der Waals surface area contributed by atoms with Gasteiger partial charge in [0.15, 0.2) is 18.9 Å². The Morgan fingerprint density at radius 3 is 0.786 bits per heavy atom. The second-order valence-corrected chi connectivity index (χ2v) is 20.9. The maximum Gasteiger partial charge on any atom is 0.483 e. The van der Waals surface area contributed by atoms with E-state index in [1.165, 1.54) is 0 Å². The fraction of sp³-hybridized carbons (Fsp3) is 1.00. The van der Waals surface area contributed by atoms with Crippen molar-refractivity contribution < 1.29 is 161 Å². The van der Waals surface area contributed by atoms with Gasteiger partial charge in [-0.25, -0.2) is 32.0 Å². The number of rotatable bonds is 21. The van der Waals surface area contributed by atoms with E-state index in [2.05, 4.69) is 26.5 Å². The third-order valence-electron chi connectivity index (χ3n) is 6.49. The average molecular weight is 974 g/mol. The predicted molar refractivity (Wildman–Crippen MR) is 160 cm³/mol. The molecule has 3 aliphatic heterocycles. The summed E-state index contributed by atoms with van der Waals surface area (Å²) in [4.78, 5) is 81.0. The summed E-state index contributed by atoms with van der Waals surface area (Å²) in [5.41, 5.74) is 0. The molecule has 3 rings (SSSR count). The van der Waals surface area contributed by atoms with Crippen molar-refractivity contribution in [2.45, 2.75) is 73.8 Å². The van der Waals surface area contributed by atoms with E-state index in [0.29, 0.717) is 0 Å². The molecule has 15 atom stereocenters. The Labute approximate surface area is 309 Å². The quantitative estimate of drug-likeness (QED) is 0.0480. The van der Waals surface area contributed by atoms with Crippen molar-refractivity contribution in [1.82, 2.24) is 0 Å². The zero-order chi connectivity index (χ0) is 43.0. The molecule has 0 aromatic carbocycles. The molecule has 0 radical (unpaired) electrons. The molecule has 56 heavy (non-hydrogen) atoms. The number of aliphatic hydroxyl groups is 6. The molecule has 0 spiro atoms. The van der Waals surface area contributed by atoms with Crippen molar-refractivity contribution in [3.8, 4) is 0 Å². The molecule has 15 N–H and O–H groups in total. The first-order chi connectivity index (χ1) is 25.1. The van der Waals surface area contributed by atoms with Crippen LogP contribution in [0.5, 0.6) is 0 Å². The van der Waals surface area contributed by atoms with E-state index in [0.717, 1.165) is 0 Å². The van der Waals surface area contributed by atoms with Crippen LogP contribution in [0.1, 0.15) is 0 Å². The zero-order valence-electron chi connectivity index (χ0n) is 26.6. The lowest BCUT2D eigenvalue weighted by Gasteiger charge is -2.24. The number of hydrogen-bond acceptors (Lipinski definition) is 25. The van der Waals surface area contributed by atoms with Gasteiger partial charge in [-0.3, -0.25) is 27.1 Å². The fourth-order valence-corrected chi connectivity index (χ4v) is 10.5. The Balaban J connectivity index is 1.77. The van der Waals surface area contributed by atoms with Gasteiger partial charge in [-0.2, -0.15) is 12.9 Å². The molecule has 0 saturated carbocycles. The van der Waals surface area contributed by atoms with Crippen LogP contribution in [0.2, 0.25) is 0 Å². The number of ether oxygens (including phenoxy) is 3. The number of phosphoric ester groups is 4.